The lowest BCUT2D eigenvalue weighted by Gasteiger charge is -2.33. The minimum Gasteiger partial charge on any atom is -0.333 e. The molecule has 1 fully saturated rings. The molecule has 1 aliphatic rings. The van der Waals surface area contributed by atoms with E-state index >= 15 is 0 Å². The monoisotopic (exact) mass is 296 g/mol. The molecule has 5 heteroatoms. The van der Waals surface area contributed by atoms with Crippen LogP contribution in [0.3, 0.4) is 0 Å². The van der Waals surface area contributed by atoms with Gasteiger partial charge < -0.3 is 10.2 Å². The van der Waals surface area contributed by atoms with Gasteiger partial charge in [0.1, 0.15) is 0 Å². The number of thiophene rings is 1. The molecular weight excluding hydrogens is 280 g/mol. The van der Waals surface area contributed by atoms with Gasteiger partial charge in [-0.2, -0.15) is 0 Å². The summed E-state index contributed by atoms with van der Waals surface area (Å²) in [5.41, 5.74) is 0. The quantitative estimate of drug-likeness (QED) is 0.877. The molecule has 0 saturated carbocycles. The Labute approximate surface area is 123 Å². The molecule has 0 spiro atoms. The molecule has 0 radical (unpaired) electrons. The van der Waals surface area contributed by atoms with Gasteiger partial charge in [0.15, 0.2) is 0 Å². The van der Waals surface area contributed by atoms with Gasteiger partial charge in [0.2, 0.25) is 0 Å². The Kier molecular flexibility index (Phi) is 4.45. The number of hydrogen-bond acceptors (Lipinski definition) is 3. The summed E-state index contributed by atoms with van der Waals surface area (Å²) in [6.07, 6.45) is 0. The van der Waals surface area contributed by atoms with Gasteiger partial charge in [0, 0.05) is 30.4 Å². The molecule has 3 rings (SSSR count). The molecule has 0 aliphatic carbocycles. The summed E-state index contributed by atoms with van der Waals surface area (Å²) < 4.78 is 1.18. The van der Waals surface area contributed by atoms with Gasteiger partial charge in [-0.25, -0.2) is 0 Å². The Balaban J connectivity index is 0.00000133. The van der Waals surface area contributed by atoms with Crippen molar-refractivity contribution in [3.63, 3.8) is 0 Å². The highest BCUT2D eigenvalue weighted by Gasteiger charge is 2.25. The van der Waals surface area contributed by atoms with Crippen LogP contribution in [0.4, 0.5) is 0 Å². The van der Waals surface area contributed by atoms with Gasteiger partial charge in [-0.1, -0.05) is 18.2 Å². The molecular formula is C14H17ClN2OS. The topological polar surface area (TPSA) is 32.3 Å². The van der Waals surface area contributed by atoms with E-state index in [1.54, 1.807) is 11.3 Å². The van der Waals surface area contributed by atoms with Crippen LogP contribution in [0.15, 0.2) is 30.3 Å². The Morgan fingerprint density at radius 3 is 2.95 bits per heavy atom. The smallest absolute Gasteiger partial charge is 0.264 e. The Morgan fingerprint density at radius 2 is 2.21 bits per heavy atom. The third-order valence-corrected chi connectivity index (χ3v) is 4.50. The zero-order chi connectivity index (χ0) is 12.5. The molecule has 102 valence electrons. The fourth-order valence-electron chi connectivity index (χ4n) is 2.37. The SMILES string of the molecule is CC1CNCCN1C(=O)c1cc2ccccc2s1.Cl. The second-order valence-corrected chi connectivity index (χ2v) is 5.78. The van der Waals surface area contributed by atoms with Gasteiger partial charge in [-0.05, 0) is 24.4 Å². The number of carbonyl (C=O) groups is 1. The third-order valence-electron chi connectivity index (χ3n) is 3.40. The lowest BCUT2D eigenvalue weighted by Crippen LogP contribution is -2.52. The Hall–Kier alpha value is -1.10. The minimum absolute atomic E-state index is 0. The lowest BCUT2D eigenvalue weighted by molar-refractivity contribution is 0.0661. The van der Waals surface area contributed by atoms with E-state index in [-0.39, 0.29) is 24.4 Å². The van der Waals surface area contributed by atoms with Crippen LogP contribution < -0.4 is 5.32 Å². The van der Waals surface area contributed by atoms with Crippen molar-refractivity contribution in [3.05, 3.63) is 35.2 Å². The summed E-state index contributed by atoms with van der Waals surface area (Å²) in [4.78, 5) is 15.3. The molecule has 19 heavy (non-hydrogen) atoms. The van der Waals surface area contributed by atoms with Gasteiger partial charge in [0.05, 0.1) is 4.88 Å². The number of benzene rings is 1. The molecule has 1 saturated heterocycles. The number of fused-ring (bicyclic) bond motifs is 1. The van der Waals surface area contributed by atoms with Crippen LogP contribution >= 0.6 is 23.7 Å². The number of nitrogens with zero attached hydrogens (tertiary/aromatic N) is 1. The third kappa shape index (κ3) is 2.76. The Bertz CT molecular complexity index is 551. The average molecular weight is 297 g/mol. The molecule has 1 N–H and O–H groups in total. The van der Waals surface area contributed by atoms with Crippen LogP contribution in [0.25, 0.3) is 10.1 Å². The van der Waals surface area contributed by atoms with Crippen molar-refractivity contribution in [1.29, 1.82) is 0 Å². The minimum atomic E-state index is 0. The highest BCUT2D eigenvalue weighted by molar-refractivity contribution is 7.20. The highest BCUT2D eigenvalue weighted by atomic mass is 35.5. The molecule has 0 bridgehead atoms. The molecule has 1 aliphatic heterocycles. The van der Waals surface area contributed by atoms with Crippen molar-refractivity contribution >= 4 is 39.7 Å². The number of hydrogen-bond donors (Lipinski definition) is 1. The van der Waals surface area contributed by atoms with Crippen molar-refractivity contribution in [2.24, 2.45) is 0 Å². The van der Waals surface area contributed by atoms with Crippen LogP contribution in [0.2, 0.25) is 0 Å². The van der Waals surface area contributed by atoms with E-state index in [0.29, 0.717) is 0 Å². The summed E-state index contributed by atoms with van der Waals surface area (Å²) in [6.45, 7) is 4.67. The number of piperazine rings is 1. The second-order valence-electron chi connectivity index (χ2n) is 4.70. The van der Waals surface area contributed by atoms with Crippen molar-refractivity contribution in [1.82, 2.24) is 10.2 Å². The molecule has 2 heterocycles. The van der Waals surface area contributed by atoms with Crippen LogP contribution in [-0.4, -0.2) is 36.5 Å². The van der Waals surface area contributed by atoms with E-state index in [1.807, 2.05) is 23.1 Å². The van der Waals surface area contributed by atoms with Crippen molar-refractivity contribution in [3.8, 4) is 0 Å². The summed E-state index contributed by atoms with van der Waals surface area (Å²) in [5.74, 6) is 0.171. The molecule has 1 amide bonds. The van der Waals surface area contributed by atoms with Crippen LogP contribution in [0.1, 0.15) is 16.6 Å². The molecule has 3 nitrogen and oxygen atoms in total. The van der Waals surface area contributed by atoms with Crippen LogP contribution in [-0.2, 0) is 0 Å². The van der Waals surface area contributed by atoms with Gasteiger partial charge in [-0.3, -0.25) is 4.79 Å². The molecule has 1 atom stereocenters. The molecule has 1 unspecified atom stereocenters. The van der Waals surface area contributed by atoms with Crippen molar-refractivity contribution < 1.29 is 4.79 Å². The zero-order valence-corrected chi connectivity index (χ0v) is 12.4. The van der Waals surface area contributed by atoms with Crippen molar-refractivity contribution in [2.45, 2.75) is 13.0 Å². The largest absolute Gasteiger partial charge is 0.333 e. The lowest BCUT2D eigenvalue weighted by atomic mass is 10.2. The maximum absolute atomic E-state index is 12.5. The number of rotatable bonds is 1. The first kappa shape index (κ1) is 14.3. The number of halogens is 1. The number of nitrogens with one attached hydrogen (secondary N) is 1. The first-order chi connectivity index (χ1) is 8.75. The van der Waals surface area contributed by atoms with Crippen molar-refractivity contribution in [2.75, 3.05) is 19.6 Å². The summed E-state index contributed by atoms with van der Waals surface area (Å²) >= 11 is 1.59. The summed E-state index contributed by atoms with van der Waals surface area (Å²) in [5, 5.41) is 4.47. The van der Waals surface area contributed by atoms with E-state index in [1.165, 1.54) is 4.70 Å². The maximum atomic E-state index is 12.5. The van der Waals surface area contributed by atoms with Gasteiger partial charge >= 0.3 is 0 Å². The van der Waals surface area contributed by atoms with E-state index in [4.69, 9.17) is 0 Å². The van der Waals surface area contributed by atoms with Crippen LogP contribution in [0, 0.1) is 0 Å². The van der Waals surface area contributed by atoms with E-state index in [9.17, 15) is 4.79 Å². The van der Waals surface area contributed by atoms with E-state index < -0.39 is 0 Å². The predicted octanol–water partition coefficient (Wildman–Crippen LogP) is 2.76. The standard InChI is InChI=1S/C14H16N2OS.ClH/c1-10-9-15-6-7-16(10)14(17)13-8-11-4-2-3-5-12(11)18-13;/h2-5,8,10,15H,6-7,9H2,1H3;1H. The normalized spacial score (nSPS) is 19.2. The first-order valence-electron chi connectivity index (χ1n) is 6.26. The Morgan fingerprint density at radius 1 is 1.42 bits per heavy atom. The highest BCUT2D eigenvalue weighted by Crippen LogP contribution is 2.26. The first-order valence-corrected chi connectivity index (χ1v) is 7.07. The van der Waals surface area contributed by atoms with Gasteiger partial charge in [-0.15, -0.1) is 23.7 Å². The van der Waals surface area contributed by atoms with Gasteiger partial charge in [0.25, 0.3) is 5.91 Å². The fourth-order valence-corrected chi connectivity index (χ4v) is 3.39. The molecule has 1 aromatic carbocycles. The average Bonchev–Trinajstić information content (AvgIpc) is 2.82. The second kappa shape index (κ2) is 5.90. The molecule has 1 aromatic heterocycles. The summed E-state index contributed by atoms with van der Waals surface area (Å²) in [7, 11) is 0. The number of amides is 1. The fraction of sp³-hybridized carbons (Fsp3) is 0.357. The van der Waals surface area contributed by atoms with E-state index in [0.717, 1.165) is 29.9 Å². The molecule has 2 aromatic rings. The van der Waals surface area contributed by atoms with E-state index in [2.05, 4.69) is 24.4 Å². The zero-order valence-electron chi connectivity index (χ0n) is 10.8. The maximum Gasteiger partial charge on any atom is 0.264 e. The summed E-state index contributed by atoms with van der Waals surface area (Å²) in [6, 6.07) is 10.4. The predicted molar refractivity (Wildman–Crippen MR) is 82.4 cm³/mol. The van der Waals surface area contributed by atoms with Crippen LogP contribution in [0.5, 0.6) is 0 Å². The number of carbonyl (C=O) groups excluding carboxylic acids is 1.